The molecule has 0 bridgehead atoms. The summed E-state index contributed by atoms with van der Waals surface area (Å²) in [6.07, 6.45) is 3.55. The molecule has 20 heavy (non-hydrogen) atoms. The van der Waals surface area contributed by atoms with Crippen LogP contribution in [-0.4, -0.2) is 18.4 Å². The van der Waals surface area contributed by atoms with E-state index in [2.05, 4.69) is 0 Å². The van der Waals surface area contributed by atoms with E-state index in [0.29, 0.717) is 19.4 Å². The molecule has 2 rings (SSSR count). The minimum Gasteiger partial charge on any atom is -0.465 e. The van der Waals surface area contributed by atoms with Gasteiger partial charge in [0.1, 0.15) is 5.41 Å². The molecule has 0 radical (unpaired) electrons. The van der Waals surface area contributed by atoms with Gasteiger partial charge in [-0.25, -0.2) is 0 Å². The van der Waals surface area contributed by atoms with Crippen LogP contribution in [0.4, 0.5) is 0 Å². The fourth-order valence-electron chi connectivity index (χ4n) is 2.73. The highest BCUT2D eigenvalue weighted by atomic mass is 16.5. The SMILES string of the molecule is CCOC(=O)C1(/C=C(\C)c2ccccc2)CCCC1=O. The van der Waals surface area contributed by atoms with Gasteiger partial charge in [-0.2, -0.15) is 0 Å². The van der Waals surface area contributed by atoms with Gasteiger partial charge < -0.3 is 4.74 Å². The second kappa shape index (κ2) is 6.04. The highest BCUT2D eigenvalue weighted by Crippen LogP contribution is 2.39. The van der Waals surface area contributed by atoms with Crippen LogP contribution in [0.5, 0.6) is 0 Å². The van der Waals surface area contributed by atoms with Crippen molar-refractivity contribution < 1.29 is 14.3 Å². The molecule has 1 atom stereocenters. The summed E-state index contributed by atoms with van der Waals surface area (Å²) in [6, 6.07) is 9.78. The number of ketones is 1. The molecule has 0 aliphatic heterocycles. The van der Waals surface area contributed by atoms with Crippen LogP contribution in [-0.2, 0) is 14.3 Å². The summed E-state index contributed by atoms with van der Waals surface area (Å²) >= 11 is 0. The Bertz CT molecular complexity index is 530. The van der Waals surface area contributed by atoms with Gasteiger partial charge in [-0.3, -0.25) is 9.59 Å². The minimum atomic E-state index is -1.07. The summed E-state index contributed by atoms with van der Waals surface area (Å²) in [7, 11) is 0. The van der Waals surface area contributed by atoms with Crippen molar-refractivity contribution in [3.63, 3.8) is 0 Å². The van der Waals surface area contributed by atoms with E-state index in [9.17, 15) is 9.59 Å². The summed E-state index contributed by atoms with van der Waals surface area (Å²) in [6.45, 7) is 3.99. The van der Waals surface area contributed by atoms with Crippen molar-refractivity contribution in [2.75, 3.05) is 6.61 Å². The Hall–Kier alpha value is -1.90. The van der Waals surface area contributed by atoms with Gasteiger partial charge in [0.2, 0.25) is 0 Å². The van der Waals surface area contributed by atoms with E-state index in [-0.39, 0.29) is 5.78 Å². The van der Waals surface area contributed by atoms with E-state index in [1.54, 1.807) is 13.0 Å². The lowest BCUT2D eigenvalue weighted by Crippen LogP contribution is -2.35. The van der Waals surface area contributed by atoms with Gasteiger partial charge in [0.05, 0.1) is 6.61 Å². The normalized spacial score (nSPS) is 22.9. The number of rotatable bonds is 4. The van der Waals surface area contributed by atoms with Crippen molar-refractivity contribution in [1.82, 2.24) is 0 Å². The molecule has 0 N–H and O–H groups in total. The lowest BCUT2D eigenvalue weighted by molar-refractivity contribution is -0.155. The maximum atomic E-state index is 12.3. The molecule has 1 fully saturated rings. The largest absolute Gasteiger partial charge is 0.465 e. The summed E-state index contributed by atoms with van der Waals surface area (Å²) in [5.41, 5.74) is 0.889. The maximum Gasteiger partial charge on any atom is 0.323 e. The van der Waals surface area contributed by atoms with Crippen LogP contribution in [0.1, 0.15) is 38.7 Å². The quantitative estimate of drug-likeness (QED) is 0.623. The molecule has 0 saturated heterocycles. The first kappa shape index (κ1) is 14.5. The van der Waals surface area contributed by atoms with E-state index in [1.165, 1.54) is 0 Å². The van der Waals surface area contributed by atoms with Gasteiger partial charge in [0.25, 0.3) is 0 Å². The van der Waals surface area contributed by atoms with Crippen LogP contribution < -0.4 is 0 Å². The van der Waals surface area contributed by atoms with Gasteiger partial charge >= 0.3 is 5.97 Å². The molecule has 1 unspecified atom stereocenters. The van der Waals surface area contributed by atoms with Crippen molar-refractivity contribution in [2.45, 2.75) is 33.1 Å². The maximum absolute atomic E-state index is 12.3. The van der Waals surface area contributed by atoms with Gasteiger partial charge in [-0.15, -0.1) is 0 Å². The van der Waals surface area contributed by atoms with Crippen LogP contribution in [0.3, 0.4) is 0 Å². The smallest absolute Gasteiger partial charge is 0.323 e. The molecule has 1 saturated carbocycles. The molecule has 1 aliphatic rings. The zero-order valence-corrected chi connectivity index (χ0v) is 12.0. The number of carbonyl (C=O) groups is 2. The Balaban J connectivity index is 2.38. The lowest BCUT2D eigenvalue weighted by atomic mass is 9.82. The van der Waals surface area contributed by atoms with Gasteiger partial charge in [-0.1, -0.05) is 36.4 Å². The first-order chi connectivity index (χ1) is 9.60. The Morgan fingerprint density at radius 1 is 1.35 bits per heavy atom. The van der Waals surface area contributed by atoms with E-state index >= 15 is 0 Å². The molecule has 3 nitrogen and oxygen atoms in total. The third kappa shape index (κ3) is 2.67. The van der Waals surface area contributed by atoms with Crippen LogP contribution in [0.2, 0.25) is 0 Å². The molecule has 0 amide bonds. The summed E-state index contributed by atoms with van der Waals surface area (Å²) in [5, 5.41) is 0. The topological polar surface area (TPSA) is 43.4 Å². The highest BCUT2D eigenvalue weighted by Gasteiger charge is 2.48. The number of hydrogen-bond acceptors (Lipinski definition) is 3. The molecule has 1 aliphatic carbocycles. The highest BCUT2D eigenvalue weighted by molar-refractivity contribution is 6.08. The third-order valence-electron chi connectivity index (χ3n) is 3.80. The van der Waals surface area contributed by atoms with Crippen LogP contribution >= 0.6 is 0 Å². The molecular formula is C17H20O3. The first-order valence-corrected chi connectivity index (χ1v) is 7.05. The van der Waals surface area contributed by atoms with Crippen LogP contribution in [0.25, 0.3) is 5.57 Å². The zero-order valence-electron chi connectivity index (χ0n) is 12.0. The number of ether oxygens (including phenoxy) is 1. The molecule has 1 aromatic carbocycles. The molecular weight excluding hydrogens is 252 g/mol. The van der Waals surface area contributed by atoms with Crippen molar-refractivity contribution in [3.8, 4) is 0 Å². The van der Waals surface area contributed by atoms with Gasteiger partial charge in [0, 0.05) is 6.42 Å². The molecule has 1 aromatic rings. The Morgan fingerprint density at radius 3 is 2.60 bits per heavy atom. The summed E-state index contributed by atoms with van der Waals surface area (Å²) in [5.74, 6) is -0.427. The average Bonchev–Trinajstić information content (AvgIpc) is 2.82. The standard InChI is InChI=1S/C17H20O3/c1-3-20-16(19)17(11-7-10-15(17)18)12-13(2)14-8-5-4-6-9-14/h4-6,8-9,12H,3,7,10-11H2,1-2H3/b13-12+. The van der Waals surface area contributed by atoms with Gasteiger partial charge in [-0.05, 0) is 37.8 Å². The fraction of sp³-hybridized carbons (Fsp3) is 0.412. The van der Waals surface area contributed by atoms with Gasteiger partial charge in [0.15, 0.2) is 5.78 Å². The predicted molar refractivity (Wildman–Crippen MR) is 78.0 cm³/mol. The number of esters is 1. The van der Waals surface area contributed by atoms with Crippen molar-refractivity contribution in [2.24, 2.45) is 5.41 Å². The molecule has 0 spiro atoms. The van der Waals surface area contributed by atoms with Crippen LogP contribution in [0, 0.1) is 5.41 Å². The number of carbonyl (C=O) groups excluding carboxylic acids is 2. The fourth-order valence-corrected chi connectivity index (χ4v) is 2.73. The second-order valence-electron chi connectivity index (χ2n) is 5.16. The lowest BCUT2D eigenvalue weighted by Gasteiger charge is -2.22. The third-order valence-corrected chi connectivity index (χ3v) is 3.80. The van der Waals surface area contributed by atoms with E-state index < -0.39 is 11.4 Å². The number of benzene rings is 1. The van der Waals surface area contributed by atoms with E-state index in [4.69, 9.17) is 4.74 Å². The Labute approximate surface area is 119 Å². The minimum absolute atomic E-state index is 0.0220. The molecule has 106 valence electrons. The number of allylic oxidation sites excluding steroid dienone is 1. The number of Topliss-reactive ketones (excluding diaryl/α,β-unsaturated/α-hetero) is 1. The van der Waals surface area contributed by atoms with E-state index in [1.807, 2.05) is 37.3 Å². The van der Waals surface area contributed by atoms with Crippen molar-refractivity contribution in [1.29, 1.82) is 0 Å². The average molecular weight is 272 g/mol. The molecule has 0 heterocycles. The summed E-state index contributed by atoms with van der Waals surface area (Å²) in [4.78, 5) is 24.5. The Morgan fingerprint density at radius 2 is 2.05 bits per heavy atom. The number of hydrogen-bond donors (Lipinski definition) is 0. The zero-order chi connectivity index (χ0) is 14.6. The Kier molecular flexibility index (Phi) is 4.38. The van der Waals surface area contributed by atoms with Crippen LogP contribution in [0.15, 0.2) is 36.4 Å². The monoisotopic (exact) mass is 272 g/mol. The predicted octanol–water partition coefficient (Wildman–Crippen LogP) is 3.39. The van der Waals surface area contributed by atoms with Crippen molar-refractivity contribution in [3.05, 3.63) is 42.0 Å². The van der Waals surface area contributed by atoms with Crippen molar-refractivity contribution >= 4 is 17.3 Å². The molecule has 3 heteroatoms. The summed E-state index contributed by atoms with van der Waals surface area (Å²) < 4.78 is 5.13. The molecule has 0 aromatic heterocycles. The van der Waals surface area contributed by atoms with E-state index in [0.717, 1.165) is 17.6 Å². The second-order valence-corrected chi connectivity index (χ2v) is 5.16. The first-order valence-electron chi connectivity index (χ1n) is 7.05.